The Morgan fingerprint density at radius 2 is 2.00 bits per heavy atom. The number of nitrogens with zero attached hydrogens (tertiary/aromatic N) is 4. The molecule has 5 rings (SSSR count). The average molecular weight is 472 g/mol. The Morgan fingerprint density at radius 3 is 2.79 bits per heavy atom. The highest BCUT2D eigenvalue weighted by molar-refractivity contribution is 7.98. The molecule has 9 heteroatoms. The Bertz CT molecular complexity index is 1560. The second kappa shape index (κ2) is 9.40. The minimum atomic E-state index is -0.282. The van der Waals surface area contributed by atoms with Gasteiger partial charge in [-0.2, -0.15) is 9.78 Å². The van der Waals surface area contributed by atoms with E-state index in [1.54, 1.807) is 38.4 Å². The molecule has 5 aromatic rings. The molecule has 0 aliphatic rings. The summed E-state index contributed by atoms with van der Waals surface area (Å²) < 4.78 is 12.0. The standard InChI is InChI=1S/C25H21N5O3S/c1-32-18-7-8-19-20(12-18)29-24-23(19)27-15-30(25(24)31)28-13-16-6-9-21(33-2)17(11-16)14-34-22-5-3-4-10-26-22/h3-13,15,29H,14H2,1-2H3/b28-13-. The van der Waals surface area contributed by atoms with Gasteiger partial charge in [-0.15, -0.1) is 11.8 Å². The van der Waals surface area contributed by atoms with Crippen LogP contribution in [-0.2, 0) is 5.75 Å². The van der Waals surface area contributed by atoms with E-state index in [0.29, 0.717) is 22.5 Å². The maximum atomic E-state index is 13.0. The van der Waals surface area contributed by atoms with Gasteiger partial charge in [0.25, 0.3) is 5.56 Å². The van der Waals surface area contributed by atoms with E-state index >= 15 is 0 Å². The van der Waals surface area contributed by atoms with Gasteiger partial charge in [0.05, 0.1) is 31.0 Å². The molecule has 170 valence electrons. The second-order valence-corrected chi connectivity index (χ2v) is 8.42. The maximum Gasteiger partial charge on any atom is 0.298 e. The van der Waals surface area contributed by atoms with Gasteiger partial charge in [0.1, 0.15) is 28.9 Å². The zero-order chi connectivity index (χ0) is 23.5. The topological polar surface area (TPSA) is 94.4 Å². The zero-order valence-electron chi connectivity index (χ0n) is 18.6. The number of rotatable bonds is 7. The van der Waals surface area contributed by atoms with Crippen molar-refractivity contribution >= 4 is 39.9 Å². The van der Waals surface area contributed by atoms with E-state index in [-0.39, 0.29) is 5.56 Å². The molecule has 0 atom stereocenters. The fourth-order valence-corrected chi connectivity index (χ4v) is 4.48. The first-order chi connectivity index (χ1) is 16.7. The molecule has 0 bridgehead atoms. The smallest absolute Gasteiger partial charge is 0.298 e. The fraction of sp³-hybridized carbons (Fsp3) is 0.120. The summed E-state index contributed by atoms with van der Waals surface area (Å²) in [7, 11) is 3.25. The van der Waals surface area contributed by atoms with Crippen molar-refractivity contribution in [2.24, 2.45) is 5.10 Å². The van der Waals surface area contributed by atoms with E-state index in [2.05, 4.69) is 20.1 Å². The number of thioether (sulfide) groups is 1. The van der Waals surface area contributed by atoms with Crippen LogP contribution in [0.2, 0.25) is 0 Å². The maximum absolute atomic E-state index is 13.0. The molecular weight excluding hydrogens is 450 g/mol. The first kappa shape index (κ1) is 21.7. The van der Waals surface area contributed by atoms with Gasteiger partial charge in [-0.3, -0.25) is 4.79 Å². The summed E-state index contributed by atoms with van der Waals surface area (Å²) in [6.07, 6.45) is 4.84. The Morgan fingerprint density at radius 1 is 1.09 bits per heavy atom. The van der Waals surface area contributed by atoms with E-state index < -0.39 is 0 Å². The highest BCUT2D eigenvalue weighted by Gasteiger charge is 2.11. The van der Waals surface area contributed by atoms with Gasteiger partial charge in [-0.05, 0) is 48.0 Å². The van der Waals surface area contributed by atoms with Crippen LogP contribution in [0.1, 0.15) is 11.1 Å². The number of aromatic nitrogens is 4. The fourth-order valence-electron chi connectivity index (χ4n) is 3.64. The Balaban J connectivity index is 1.44. The minimum Gasteiger partial charge on any atom is -0.497 e. The summed E-state index contributed by atoms with van der Waals surface area (Å²) in [5.41, 5.74) is 3.35. The van der Waals surface area contributed by atoms with E-state index in [1.807, 2.05) is 54.6 Å². The minimum absolute atomic E-state index is 0.282. The lowest BCUT2D eigenvalue weighted by atomic mass is 10.1. The summed E-state index contributed by atoms with van der Waals surface area (Å²) in [5.74, 6) is 2.18. The van der Waals surface area contributed by atoms with Crippen LogP contribution in [0, 0.1) is 0 Å². The molecule has 0 amide bonds. The molecule has 0 saturated carbocycles. The summed E-state index contributed by atoms with van der Waals surface area (Å²) in [5, 5.41) is 6.15. The Hall–Kier alpha value is -4.11. The van der Waals surface area contributed by atoms with Gasteiger partial charge in [-0.25, -0.2) is 9.97 Å². The number of H-pyrrole nitrogens is 1. The SMILES string of the molecule is COc1ccc2c(c1)[nH]c1c(=O)n(/N=C\c3ccc(OC)c(CSc4ccccn4)c3)cnc12. The van der Waals surface area contributed by atoms with Gasteiger partial charge >= 0.3 is 0 Å². The van der Waals surface area contributed by atoms with E-state index in [1.165, 1.54) is 11.0 Å². The molecule has 3 heterocycles. The molecule has 8 nitrogen and oxygen atoms in total. The largest absolute Gasteiger partial charge is 0.497 e. The quantitative estimate of drug-likeness (QED) is 0.278. The first-order valence-corrected chi connectivity index (χ1v) is 11.5. The van der Waals surface area contributed by atoms with Crippen molar-refractivity contribution in [3.8, 4) is 11.5 Å². The third-order valence-corrected chi connectivity index (χ3v) is 6.34. The zero-order valence-corrected chi connectivity index (χ0v) is 19.4. The number of methoxy groups -OCH3 is 2. The summed E-state index contributed by atoms with van der Waals surface area (Å²) in [4.78, 5) is 25.0. The third-order valence-electron chi connectivity index (χ3n) is 5.35. The number of benzene rings is 2. The van der Waals surface area contributed by atoms with Crippen molar-refractivity contribution in [3.05, 3.63) is 88.6 Å². The van der Waals surface area contributed by atoms with Crippen LogP contribution in [0.25, 0.3) is 21.9 Å². The number of ether oxygens (including phenoxy) is 2. The van der Waals surface area contributed by atoms with Crippen LogP contribution in [0.4, 0.5) is 0 Å². The third kappa shape index (κ3) is 4.25. The van der Waals surface area contributed by atoms with Crippen LogP contribution in [0.5, 0.6) is 11.5 Å². The van der Waals surface area contributed by atoms with Crippen molar-refractivity contribution in [3.63, 3.8) is 0 Å². The molecule has 3 aromatic heterocycles. The highest BCUT2D eigenvalue weighted by atomic mass is 32.2. The van der Waals surface area contributed by atoms with Crippen molar-refractivity contribution in [2.75, 3.05) is 14.2 Å². The number of nitrogens with one attached hydrogen (secondary N) is 1. The van der Waals surface area contributed by atoms with E-state index in [4.69, 9.17) is 9.47 Å². The number of aromatic amines is 1. The Labute approximate surface area is 199 Å². The van der Waals surface area contributed by atoms with Gasteiger partial charge < -0.3 is 14.5 Å². The van der Waals surface area contributed by atoms with Gasteiger partial charge in [0.15, 0.2) is 0 Å². The summed E-state index contributed by atoms with van der Waals surface area (Å²) in [6.45, 7) is 0. The summed E-state index contributed by atoms with van der Waals surface area (Å²) >= 11 is 1.62. The molecule has 0 unspecified atom stereocenters. The highest BCUT2D eigenvalue weighted by Crippen LogP contribution is 2.28. The predicted octanol–water partition coefficient (Wildman–Crippen LogP) is 4.46. The summed E-state index contributed by atoms with van der Waals surface area (Å²) in [6, 6.07) is 17.2. The van der Waals surface area contributed by atoms with Crippen LogP contribution < -0.4 is 15.0 Å². The molecule has 0 fully saturated rings. The normalized spacial score (nSPS) is 11.5. The van der Waals surface area contributed by atoms with Crippen molar-refractivity contribution in [1.82, 2.24) is 19.6 Å². The van der Waals surface area contributed by atoms with Crippen LogP contribution in [0.15, 0.2) is 82.0 Å². The van der Waals surface area contributed by atoms with Crippen molar-refractivity contribution in [2.45, 2.75) is 10.8 Å². The molecule has 0 saturated heterocycles. The van der Waals surface area contributed by atoms with Crippen molar-refractivity contribution in [1.29, 1.82) is 0 Å². The van der Waals surface area contributed by atoms with E-state index in [9.17, 15) is 4.79 Å². The number of pyridine rings is 1. The van der Waals surface area contributed by atoms with Crippen molar-refractivity contribution < 1.29 is 9.47 Å². The first-order valence-electron chi connectivity index (χ1n) is 10.5. The van der Waals surface area contributed by atoms with Gasteiger partial charge in [0, 0.05) is 29.0 Å². The lowest BCUT2D eigenvalue weighted by molar-refractivity contribution is 0.411. The van der Waals surface area contributed by atoms with Gasteiger partial charge in [-0.1, -0.05) is 6.07 Å². The predicted molar refractivity (Wildman–Crippen MR) is 134 cm³/mol. The monoisotopic (exact) mass is 471 g/mol. The van der Waals surface area contributed by atoms with Crippen LogP contribution in [0.3, 0.4) is 0 Å². The van der Waals surface area contributed by atoms with Crippen LogP contribution >= 0.6 is 11.8 Å². The van der Waals surface area contributed by atoms with Crippen LogP contribution in [-0.4, -0.2) is 40.1 Å². The number of hydrogen-bond donors (Lipinski definition) is 1. The molecule has 0 aliphatic carbocycles. The molecule has 0 aliphatic heterocycles. The molecule has 0 radical (unpaired) electrons. The molecule has 0 spiro atoms. The van der Waals surface area contributed by atoms with E-state index in [0.717, 1.165) is 32.8 Å². The second-order valence-electron chi connectivity index (χ2n) is 7.43. The molecule has 1 N–H and O–H groups in total. The lowest BCUT2D eigenvalue weighted by Crippen LogP contribution is -2.17. The van der Waals surface area contributed by atoms with Gasteiger partial charge in [0.2, 0.25) is 0 Å². The molecule has 2 aromatic carbocycles. The number of hydrogen-bond acceptors (Lipinski definition) is 7. The Kier molecular flexibility index (Phi) is 6.01. The molecular formula is C25H21N5O3S. The lowest BCUT2D eigenvalue weighted by Gasteiger charge is -2.09. The number of fused-ring (bicyclic) bond motifs is 3. The molecule has 34 heavy (non-hydrogen) atoms. The average Bonchev–Trinajstić information content (AvgIpc) is 3.26.